The van der Waals surface area contributed by atoms with Gasteiger partial charge in [0.05, 0.1) is 12.4 Å². The van der Waals surface area contributed by atoms with Crippen molar-refractivity contribution in [2.75, 3.05) is 10.6 Å². The molecular weight excluding hydrogens is 384 g/mol. The van der Waals surface area contributed by atoms with Gasteiger partial charge in [-0.15, -0.1) is 10.2 Å². The van der Waals surface area contributed by atoms with Crippen molar-refractivity contribution in [1.82, 2.24) is 0 Å². The third-order valence-corrected chi connectivity index (χ3v) is 3.47. The van der Waals surface area contributed by atoms with Crippen LogP contribution in [0.2, 0.25) is 0 Å². The highest BCUT2D eigenvalue weighted by Crippen LogP contribution is 2.09. The van der Waals surface area contributed by atoms with Gasteiger partial charge in [-0.25, -0.2) is 0 Å². The zero-order chi connectivity index (χ0) is 21.9. The fraction of sp³-hybridized carbons (Fsp3) is 0.100. The van der Waals surface area contributed by atoms with Crippen LogP contribution in [0.25, 0.3) is 0 Å². The first-order valence-corrected chi connectivity index (χ1v) is 8.82. The molecule has 6 N–H and O–H groups in total. The molecule has 0 spiro atoms. The standard InChI is InChI=1S/C20H22N8O2/c1-13(29)25-17-7-3-15(4-8-17)11-23-27-19(21)20(22)28-24-12-16-5-9-18(10-6-16)26-14(2)30/h3-12H,1-2H3,(H2,21,27)(H2,22,28)(H,25,29)(H,26,30)/b23-11-,24-12-. The van der Waals surface area contributed by atoms with E-state index in [1.165, 1.54) is 26.3 Å². The normalized spacial score (nSPS) is 12.3. The molecule has 0 aliphatic rings. The summed E-state index contributed by atoms with van der Waals surface area (Å²) in [5.41, 5.74) is 14.3. The van der Waals surface area contributed by atoms with Crippen molar-refractivity contribution in [2.45, 2.75) is 13.8 Å². The lowest BCUT2D eigenvalue weighted by molar-refractivity contribution is -0.115. The second kappa shape index (κ2) is 10.9. The number of carbonyl (C=O) groups excluding carboxylic acids is 2. The summed E-state index contributed by atoms with van der Waals surface area (Å²) in [6.07, 6.45) is 2.97. The van der Waals surface area contributed by atoms with Gasteiger partial charge < -0.3 is 22.1 Å². The van der Waals surface area contributed by atoms with Gasteiger partial charge in [-0.1, -0.05) is 24.3 Å². The molecule has 154 valence electrons. The Morgan fingerprint density at radius 3 is 1.33 bits per heavy atom. The van der Waals surface area contributed by atoms with Gasteiger partial charge in [0.25, 0.3) is 0 Å². The summed E-state index contributed by atoms with van der Waals surface area (Å²) in [7, 11) is 0. The number of amides is 2. The van der Waals surface area contributed by atoms with Crippen LogP contribution in [0, 0.1) is 0 Å². The van der Waals surface area contributed by atoms with Gasteiger partial charge in [-0.3, -0.25) is 9.59 Å². The third kappa shape index (κ3) is 7.72. The molecule has 0 radical (unpaired) electrons. The van der Waals surface area contributed by atoms with Gasteiger partial charge in [0.15, 0.2) is 11.7 Å². The lowest BCUT2D eigenvalue weighted by Crippen LogP contribution is -2.30. The SMILES string of the molecule is CC(=O)Nc1ccc(\C=N/N=C(N)/C(N)=N/N=C\c2ccc(NC(C)=O)cc2)cc1. The first-order chi connectivity index (χ1) is 14.3. The zero-order valence-corrected chi connectivity index (χ0v) is 16.5. The van der Waals surface area contributed by atoms with Crippen molar-refractivity contribution in [3.05, 3.63) is 59.7 Å². The molecule has 0 atom stereocenters. The van der Waals surface area contributed by atoms with E-state index >= 15 is 0 Å². The minimum atomic E-state index is -0.145. The van der Waals surface area contributed by atoms with E-state index in [0.29, 0.717) is 11.4 Å². The average Bonchev–Trinajstić information content (AvgIpc) is 2.69. The highest BCUT2D eigenvalue weighted by molar-refractivity contribution is 6.39. The Bertz CT molecular complexity index is 923. The first-order valence-electron chi connectivity index (χ1n) is 8.82. The van der Waals surface area contributed by atoms with E-state index in [4.69, 9.17) is 11.5 Å². The number of nitrogens with two attached hydrogens (primary N) is 2. The number of carbonyl (C=O) groups is 2. The Morgan fingerprint density at radius 2 is 1.03 bits per heavy atom. The van der Waals surface area contributed by atoms with E-state index in [9.17, 15) is 9.59 Å². The maximum atomic E-state index is 11.0. The molecule has 0 saturated heterocycles. The van der Waals surface area contributed by atoms with Crippen LogP contribution in [0.15, 0.2) is 68.9 Å². The quantitative estimate of drug-likeness (QED) is 0.326. The minimum absolute atomic E-state index is 0.0840. The van der Waals surface area contributed by atoms with Crippen LogP contribution in [-0.2, 0) is 9.59 Å². The summed E-state index contributed by atoms with van der Waals surface area (Å²) in [5, 5.41) is 20.6. The summed E-state index contributed by atoms with van der Waals surface area (Å²) < 4.78 is 0. The predicted molar refractivity (Wildman–Crippen MR) is 120 cm³/mol. The molecule has 2 rings (SSSR count). The fourth-order valence-corrected chi connectivity index (χ4v) is 2.13. The third-order valence-electron chi connectivity index (χ3n) is 3.47. The molecule has 0 aliphatic heterocycles. The molecule has 30 heavy (non-hydrogen) atoms. The van der Waals surface area contributed by atoms with E-state index < -0.39 is 0 Å². The van der Waals surface area contributed by atoms with Gasteiger partial charge in [0, 0.05) is 25.2 Å². The molecule has 0 saturated carbocycles. The van der Waals surface area contributed by atoms with Crippen LogP contribution in [0.5, 0.6) is 0 Å². The monoisotopic (exact) mass is 406 g/mol. The molecule has 10 nitrogen and oxygen atoms in total. The number of nitrogens with one attached hydrogen (secondary N) is 2. The summed E-state index contributed by atoms with van der Waals surface area (Å²) in [6, 6.07) is 14.0. The predicted octanol–water partition coefficient (Wildman–Crippen LogP) is 1.69. The first kappa shape index (κ1) is 22.0. The fourth-order valence-electron chi connectivity index (χ4n) is 2.13. The molecule has 0 fully saturated rings. The number of rotatable bonds is 6. The van der Waals surface area contributed by atoms with E-state index in [-0.39, 0.29) is 23.5 Å². The smallest absolute Gasteiger partial charge is 0.221 e. The molecule has 0 heterocycles. The summed E-state index contributed by atoms with van der Waals surface area (Å²) in [6.45, 7) is 2.87. The Balaban J connectivity index is 1.94. The molecule has 2 amide bonds. The Morgan fingerprint density at radius 1 is 0.700 bits per heavy atom. The molecule has 0 aliphatic carbocycles. The van der Waals surface area contributed by atoms with Gasteiger partial charge in [0.2, 0.25) is 11.8 Å². The van der Waals surface area contributed by atoms with Crippen molar-refractivity contribution in [2.24, 2.45) is 31.9 Å². The minimum Gasteiger partial charge on any atom is -0.379 e. The molecule has 2 aromatic carbocycles. The second-order valence-corrected chi connectivity index (χ2v) is 6.07. The average molecular weight is 406 g/mol. The Labute approximate surface area is 173 Å². The van der Waals surface area contributed by atoms with Crippen LogP contribution in [-0.4, -0.2) is 35.9 Å². The summed E-state index contributed by atoms with van der Waals surface area (Å²) >= 11 is 0. The second-order valence-electron chi connectivity index (χ2n) is 6.07. The molecular formula is C20H22N8O2. The number of nitrogens with zero attached hydrogens (tertiary/aromatic N) is 4. The maximum absolute atomic E-state index is 11.0. The van der Waals surface area contributed by atoms with E-state index in [1.807, 2.05) is 0 Å². The van der Waals surface area contributed by atoms with Gasteiger partial charge in [-0.2, -0.15) is 10.2 Å². The number of hydrogen-bond donors (Lipinski definition) is 4. The van der Waals surface area contributed by atoms with Crippen molar-refractivity contribution in [3.63, 3.8) is 0 Å². The van der Waals surface area contributed by atoms with Crippen LogP contribution >= 0.6 is 0 Å². The van der Waals surface area contributed by atoms with E-state index in [2.05, 4.69) is 31.0 Å². The molecule has 0 unspecified atom stereocenters. The lowest BCUT2D eigenvalue weighted by atomic mass is 10.2. The molecule has 0 aromatic heterocycles. The lowest BCUT2D eigenvalue weighted by Gasteiger charge is -2.01. The highest BCUT2D eigenvalue weighted by Gasteiger charge is 1.99. The van der Waals surface area contributed by atoms with Crippen molar-refractivity contribution < 1.29 is 9.59 Å². The summed E-state index contributed by atoms with van der Waals surface area (Å²) in [5.74, 6) is -0.458. The zero-order valence-electron chi connectivity index (χ0n) is 16.5. The van der Waals surface area contributed by atoms with Crippen LogP contribution in [0.3, 0.4) is 0 Å². The number of anilines is 2. The van der Waals surface area contributed by atoms with E-state index in [1.54, 1.807) is 48.5 Å². The number of hydrogen-bond acceptors (Lipinski definition) is 6. The van der Waals surface area contributed by atoms with Crippen LogP contribution in [0.4, 0.5) is 11.4 Å². The van der Waals surface area contributed by atoms with Crippen molar-refractivity contribution in [1.29, 1.82) is 0 Å². The van der Waals surface area contributed by atoms with Crippen LogP contribution in [0.1, 0.15) is 25.0 Å². The molecule has 2 aromatic rings. The molecule has 10 heteroatoms. The van der Waals surface area contributed by atoms with Crippen molar-refractivity contribution in [3.8, 4) is 0 Å². The van der Waals surface area contributed by atoms with Crippen LogP contribution < -0.4 is 22.1 Å². The Hall–Kier alpha value is -4.34. The maximum Gasteiger partial charge on any atom is 0.221 e. The van der Waals surface area contributed by atoms with Crippen molar-refractivity contribution >= 4 is 47.3 Å². The topological polar surface area (TPSA) is 160 Å². The summed E-state index contributed by atoms with van der Waals surface area (Å²) in [4.78, 5) is 22.0. The van der Waals surface area contributed by atoms with Gasteiger partial charge in [-0.05, 0) is 35.4 Å². The number of amidine groups is 2. The van der Waals surface area contributed by atoms with Gasteiger partial charge in [0.1, 0.15) is 0 Å². The van der Waals surface area contributed by atoms with Gasteiger partial charge >= 0.3 is 0 Å². The highest BCUT2D eigenvalue weighted by atomic mass is 16.2. The number of benzene rings is 2. The largest absolute Gasteiger partial charge is 0.379 e. The Kier molecular flexibility index (Phi) is 7.94. The molecule has 0 bridgehead atoms. The van der Waals surface area contributed by atoms with E-state index in [0.717, 1.165) is 11.1 Å².